The number of hydrogen-bond acceptors (Lipinski definition) is 0. The van der Waals surface area contributed by atoms with Crippen molar-refractivity contribution in [3.05, 3.63) is 58.4 Å². The number of benzene rings is 1. The maximum atomic E-state index is 3.31. The van der Waals surface area contributed by atoms with Gasteiger partial charge in [0, 0.05) is 11.9 Å². The Kier molecular flexibility index (Phi) is 1.54. The summed E-state index contributed by atoms with van der Waals surface area (Å²) in [5.74, 6) is 0. The molecule has 0 unspecified atom stereocenters. The number of rotatable bonds is 0. The second kappa shape index (κ2) is 2.74. The smallest absolute Gasteiger partial charge is 0.0154 e. The molecule has 0 fully saturated rings. The van der Waals surface area contributed by atoms with Gasteiger partial charge >= 0.3 is 0 Å². The maximum Gasteiger partial charge on any atom is 0.0154 e. The predicted octanol–water partition coefficient (Wildman–Crippen LogP) is 2.82. The quantitative estimate of drug-likeness (QED) is 0.551. The standard InChI is InChI=1S/C13H13N/c1-9-13-7-11-5-3-2-4-10(11)6-12(13)8-14-9/h2-5,8,14H,6-7H2,1H3. The first kappa shape index (κ1) is 7.86. The van der Waals surface area contributed by atoms with E-state index < -0.39 is 0 Å². The van der Waals surface area contributed by atoms with Crippen molar-refractivity contribution in [2.75, 3.05) is 0 Å². The molecule has 0 saturated carbocycles. The van der Waals surface area contributed by atoms with Gasteiger partial charge in [-0.05, 0) is 42.0 Å². The van der Waals surface area contributed by atoms with Crippen molar-refractivity contribution in [3.63, 3.8) is 0 Å². The van der Waals surface area contributed by atoms with Crippen LogP contribution in [0, 0.1) is 6.92 Å². The second-order valence-electron chi connectivity index (χ2n) is 4.04. The molecule has 0 aliphatic heterocycles. The van der Waals surface area contributed by atoms with Crippen LogP contribution in [0.15, 0.2) is 30.5 Å². The summed E-state index contributed by atoms with van der Waals surface area (Å²) in [4.78, 5) is 3.31. The highest BCUT2D eigenvalue weighted by atomic mass is 14.7. The summed E-state index contributed by atoms with van der Waals surface area (Å²) in [6, 6.07) is 8.74. The molecule has 1 aliphatic carbocycles. The fourth-order valence-electron chi connectivity index (χ4n) is 2.31. The van der Waals surface area contributed by atoms with E-state index in [0.29, 0.717) is 0 Å². The number of H-pyrrole nitrogens is 1. The Balaban J connectivity index is 2.14. The van der Waals surface area contributed by atoms with E-state index in [9.17, 15) is 0 Å². The zero-order chi connectivity index (χ0) is 9.54. The molecule has 1 heterocycles. The van der Waals surface area contributed by atoms with Crippen LogP contribution in [0.3, 0.4) is 0 Å². The largest absolute Gasteiger partial charge is 0.365 e. The van der Waals surface area contributed by atoms with E-state index in [1.807, 2.05) is 0 Å². The summed E-state index contributed by atoms with van der Waals surface area (Å²) in [6.07, 6.45) is 4.34. The van der Waals surface area contributed by atoms with Crippen LogP contribution in [0.4, 0.5) is 0 Å². The van der Waals surface area contributed by atoms with E-state index >= 15 is 0 Å². The Labute approximate surface area is 83.8 Å². The Morgan fingerprint density at radius 1 is 1.00 bits per heavy atom. The lowest BCUT2D eigenvalue weighted by atomic mass is 9.88. The summed E-state index contributed by atoms with van der Waals surface area (Å²) < 4.78 is 0. The summed E-state index contributed by atoms with van der Waals surface area (Å²) in [7, 11) is 0. The predicted molar refractivity (Wildman–Crippen MR) is 57.6 cm³/mol. The van der Waals surface area contributed by atoms with Gasteiger partial charge in [-0.3, -0.25) is 0 Å². The third-order valence-electron chi connectivity index (χ3n) is 3.17. The maximum absolute atomic E-state index is 3.31. The first-order valence-corrected chi connectivity index (χ1v) is 5.07. The number of aryl methyl sites for hydroxylation is 1. The van der Waals surface area contributed by atoms with E-state index in [1.54, 1.807) is 0 Å². The topological polar surface area (TPSA) is 15.8 Å². The van der Waals surface area contributed by atoms with Gasteiger partial charge in [-0.1, -0.05) is 24.3 Å². The van der Waals surface area contributed by atoms with Gasteiger partial charge in [0.2, 0.25) is 0 Å². The molecule has 14 heavy (non-hydrogen) atoms. The van der Waals surface area contributed by atoms with Crippen LogP contribution < -0.4 is 0 Å². The van der Waals surface area contributed by atoms with Crippen LogP contribution in [-0.4, -0.2) is 4.98 Å². The lowest BCUT2D eigenvalue weighted by molar-refractivity contribution is 1.00. The molecule has 0 bridgehead atoms. The van der Waals surface area contributed by atoms with Crippen LogP contribution in [0.1, 0.15) is 27.9 Å². The molecule has 1 N–H and O–H groups in total. The molecule has 0 saturated heterocycles. The summed E-state index contributed by atoms with van der Waals surface area (Å²) in [5, 5.41) is 0. The van der Waals surface area contributed by atoms with Crippen molar-refractivity contribution in [2.24, 2.45) is 0 Å². The minimum absolute atomic E-state index is 1.09. The molecule has 1 heteroatoms. The van der Waals surface area contributed by atoms with E-state index in [2.05, 4.69) is 42.4 Å². The Morgan fingerprint density at radius 3 is 2.50 bits per heavy atom. The van der Waals surface area contributed by atoms with Crippen LogP contribution in [0.25, 0.3) is 0 Å². The third kappa shape index (κ3) is 1.02. The molecule has 2 aromatic rings. The van der Waals surface area contributed by atoms with Crippen molar-refractivity contribution in [2.45, 2.75) is 19.8 Å². The fraction of sp³-hybridized carbons (Fsp3) is 0.231. The van der Waals surface area contributed by atoms with Crippen molar-refractivity contribution in [1.29, 1.82) is 0 Å². The normalized spacial score (nSPS) is 13.5. The van der Waals surface area contributed by atoms with E-state index in [1.165, 1.54) is 27.9 Å². The first-order valence-electron chi connectivity index (χ1n) is 5.07. The molecule has 1 aromatic heterocycles. The molecular weight excluding hydrogens is 170 g/mol. The van der Waals surface area contributed by atoms with Gasteiger partial charge in [0.15, 0.2) is 0 Å². The second-order valence-corrected chi connectivity index (χ2v) is 4.04. The van der Waals surface area contributed by atoms with Gasteiger partial charge in [-0.15, -0.1) is 0 Å². The zero-order valence-corrected chi connectivity index (χ0v) is 8.30. The van der Waals surface area contributed by atoms with Gasteiger partial charge < -0.3 is 4.98 Å². The van der Waals surface area contributed by atoms with Crippen molar-refractivity contribution in [1.82, 2.24) is 4.98 Å². The molecular formula is C13H13N. The molecule has 70 valence electrons. The Bertz CT molecular complexity index is 480. The minimum atomic E-state index is 1.09. The molecule has 3 rings (SSSR count). The highest BCUT2D eigenvalue weighted by Crippen LogP contribution is 2.28. The van der Waals surface area contributed by atoms with Crippen molar-refractivity contribution < 1.29 is 0 Å². The van der Waals surface area contributed by atoms with Gasteiger partial charge in [-0.2, -0.15) is 0 Å². The number of aromatic nitrogens is 1. The fourth-order valence-corrected chi connectivity index (χ4v) is 2.31. The highest BCUT2D eigenvalue weighted by molar-refractivity contribution is 5.46. The lowest BCUT2D eigenvalue weighted by Crippen LogP contribution is -2.05. The van der Waals surface area contributed by atoms with Gasteiger partial charge in [0.1, 0.15) is 0 Å². The van der Waals surface area contributed by atoms with E-state index in [0.717, 1.165) is 12.8 Å². The zero-order valence-electron chi connectivity index (χ0n) is 8.30. The number of fused-ring (bicyclic) bond motifs is 2. The van der Waals surface area contributed by atoms with Gasteiger partial charge in [0.25, 0.3) is 0 Å². The average molecular weight is 183 g/mol. The molecule has 0 radical (unpaired) electrons. The van der Waals surface area contributed by atoms with E-state index in [4.69, 9.17) is 0 Å². The average Bonchev–Trinajstić information content (AvgIpc) is 2.57. The number of aromatic amines is 1. The van der Waals surface area contributed by atoms with Crippen LogP contribution >= 0.6 is 0 Å². The summed E-state index contributed by atoms with van der Waals surface area (Å²) in [5.41, 5.74) is 7.28. The van der Waals surface area contributed by atoms with E-state index in [-0.39, 0.29) is 0 Å². The highest BCUT2D eigenvalue weighted by Gasteiger charge is 2.16. The van der Waals surface area contributed by atoms with Crippen LogP contribution in [0.2, 0.25) is 0 Å². The summed E-state index contributed by atoms with van der Waals surface area (Å²) >= 11 is 0. The monoisotopic (exact) mass is 183 g/mol. The molecule has 0 atom stereocenters. The number of nitrogens with one attached hydrogen (secondary N) is 1. The van der Waals surface area contributed by atoms with Gasteiger partial charge in [0.05, 0.1) is 0 Å². The van der Waals surface area contributed by atoms with Crippen molar-refractivity contribution >= 4 is 0 Å². The Hall–Kier alpha value is -1.50. The summed E-state index contributed by atoms with van der Waals surface area (Å²) in [6.45, 7) is 2.16. The molecule has 0 spiro atoms. The lowest BCUT2D eigenvalue weighted by Gasteiger charge is -2.16. The van der Waals surface area contributed by atoms with Crippen molar-refractivity contribution in [3.8, 4) is 0 Å². The Morgan fingerprint density at radius 2 is 1.71 bits per heavy atom. The minimum Gasteiger partial charge on any atom is -0.365 e. The molecule has 1 aliphatic rings. The molecule has 0 amide bonds. The molecule has 1 aromatic carbocycles. The van der Waals surface area contributed by atoms with Crippen LogP contribution in [0.5, 0.6) is 0 Å². The van der Waals surface area contributed by atoms with Crippen LogP contribution in [-0.2, 0) is 12.8 Å². The SMILES string of the molecule is Cc1[nH]cc2c1Cc1ccccc1C2. The third-order valence-corrected chi connectivity index (χ3v) is 3.17. The van der Waals surface area contributed by atoms with Gasteiger partial charge in [-0.25, -0.2) is 0 Å². The molecule has 1 nitrogen and oxygen atoms in total. The number of hydrogen-bond donors (Lipinski definition) is 1. The first-order chi connectivity index (χ1) is 6.84.